The Kier molecular flexibility index (Phi) is 45.9. The van der Waals surface area contributed by atoms with E-state index < -0.39 is 17.4 Å². The molecule has 0 aliphatic rings. The number of hydrogen-bond acceptors (Lipinski definition) is 4. The van der Waals surface area contributed by atoms with Gasteiger partial charge in [-0.2, -0.15) is 0 Å². The molecule has 0 aliphatic carbocycles. The number of rotatable bonds is 0. The van der Waals surface area contributed by atoms with Crippen molar-refractivity contribution in [2.24, 2.45) is 11.5 Å². The molecule has 11 heavy (non-hydrogen) atoms. The molecule has 9 heteroatoms. The second-order valence-corrected chi connectivity index (χ2v) is 1.05. The van der Waals surface area contributed by atoms with Gasteiger partial charge in [0.15, 0.2) is 0 Å². The van der Waals surface area contributed by atoms with E-state index in [4.69, 9.17) is 22.9 Å². The number of carbonyl (C=O) groups is 2. The molecule has 1 unspecified atom stereocenters. The summed E-state index contributed by atoms with van der Waals surface area (Å²) in [5, 5.41) is 0. The van der Waals surface area contributed by atoms with Crippen LogP contribution in [0.4, 0.5) is 4.79 Å². The fourth-order valence-electron chi connectivity index (χ4n) is 0. The predicted molar refractivity (Wildman–Crippen MR) is 32.4 cm³/mol. The molecule has 0 aliphatic heterocycles. The summed E-state index contributed by atoms with van der Waals surface area (Å²) in [6, 6.07) is -0.833. The summed E-state index contributed by atoms with van der Waals surface area (Å²) < 4.78 is 24.1. The van der Waals surface area contributed by atoms with Crippen molar-refractivity contribution >= 4 is 24.2 Å². The van der Waals surface area contributed by atoms with E-state index in [0.29, 0.717) is 0 Å². The van der Waals surface area contributed by atoms with E-state index in [2.05, 4.69) is 11.5 Å². The maximum absolute atomic E-state index is 9.00. The molecule has 0 fully saturated rings. The predicted octanol–water partition coefficient (Wildman–Crippen LogP) is -4.82. The first kappa shape index (κ1) is 22.5. The third-order valence-corrected chi connectivity index (χ3v) is 0. The zero-order chi connectivity index (χ0) is 9.15. The third kappa shape index (κ3) is 6420000. The van der Waals surface area contributed by atoms with Crippen molar-refractivity contribution in [1.29, 1.82) is 0 Å². The molecule has 0 heterocycles. The van der Waals surface area contributed by atoms with Crippen LogP contribution in [0.1, 0.15) is 0 Å². The van der Waals surface area contributed by atoms with Crippen LogP contribution in [0.2, 0.25) is 0 Å². The van der Waals surface area contributed by atoms with Crippen molar-refractivity contribution in [3.8, 4) is 0 Å². The molecule has 1 atom stereocenters. The smallest absolute Gasteiger partial charge is 0.750 e. The van der Waals surface area contributed by atoms with Crippen molar-refractivity contribution in [2.45, 2.75) is 0 Å². The van der Waals surface area contributed by atoms with E-state index in [1.165, 1.54) is 0 Å². The third-order valence-electron chi connectivity index (χ3n) is 0. The van der Waals surface area contributed by atoms with Crippen molar-refractivity contribution in [1.82, 2.24) is 0 Å². The van der Waals surface area contributed by atoms with Crippen LogP contribution in [0.15, 0.2) is 0 Å². The standard InChI is InChI=1S/CH4N2O.CH2O.Na.H2O3S/c2-1(3)4;1-2;;1-4(2)3/h(H4,2,3,4);1H2;;(H2,1,2,3)/q;;+1;/p-1. The molecule has 0 radical (unpaired) electrons. The molecule has 0 saturated carbocycles. The molecule has 62 valence electrons. The van der Waals surface area contributed by atoms with Crippen LogP contribution in [0.5, 0.6) is 0 Å². The van der Waals surface area contributed by atoms with Gasteiger partial charge in [0, 0.05) is 0 Å². The van der Waals surface area contributed by atoms with Gasteiger partial charge in [0.1, 0.15) is 6.79 Å². The Balaban J connectivity index is -0.0000000339. The summed E-state index contributed by atoms with van der Waals surface area (Å²) >= 11 is -2.86. The van der Waals surface area contributed by atoms with Crippen LogP contribution >= 0.6 is 0 Å². The second kappa shape index (κ2) is 22.5. The number of urea groups is 1. The monoisotopic (exact) mass is 194 g/mol. The zero-order valence-electron chi connectivity index (χ0n) is 5.85. The topological polar surface area (TPSA) is 147 Å². The van der Waals surface area contributed by atoms with Gasteiger partial charge in [-0.25, -0.2) is 9.00 Å². The molecule has 0 bridgehead atoms. The maximum atomic E-state index is 9.00. The molecule has 5 N–H and O–H groups in total. The van der Waals surface area contributed by atoms with Crippen LogP contribution in [0.25, 0.3) is 0 Å². The van der Waals surface area contributed by atoms with Crippen molar-refractivity contribution in [2.75, 3.05) is 0 Å². The van der Waals surface area contributed by atoms with Gasteiger partial charge < -0.3 is 25.4 Å². The summed E-state index contributed by atoms with van der Waals surface area (Å²) in [7, 11) is 0. The Morgan fingerprint density at radius 3 is 1.45 bits per heavy atom. The average Bonchev–Trinajstić information content (AvgIpc) is 1.66. The number of nitrogens with two attached hydrogens (primary N) is 2. The van der Waals surface area contributed by atoms with Gasteiger partial charge in [0.2, 0.25) is 0 Å². The first-order chi connectivity index (χ1) is 4.46. The van der Waals surface area contributed by atoms with Crippen LogP contribution in [0, 0.1) is 0 Å². The van der Waals surface area contributed by atoms with Crippen molar-refractivity contribution < 1.29 is 52.5 Å². The number of primary amides is 2. The molecule has 7 nitrogen and oxygen atoms in total. The van der Waals surface area contributed by atoms with Crippen LogP contribution in [-0.4, -0.2) is 26.1 Å². The van der Waals surface area contributed by atoms with Gasteiger partial charge in [-0.1, -0.05) is 0 Å². The molecular weight excluding hydrogens is 187 g/mol. The van der Waals surface area contributed by atoms with Gasteiger partial charge in [0.25, 0.3) is 0 Å². The second-order valence-electron chi connectivity index (χ2n) is 0.619. The molecule has 0 aromatic rings. The fraction of sp³-hybridized carbons (Fsp3) is 0. The minimum Gasteiger partial charge on any atom is -0.750 e. The largest absolute Gasteiger partial charge is 1.00 e. The Morgan fingerprint density at radius 1 is 1.45 bits per heavy atom. The fourth-order valence-corrected chi connectivity index (χ4v) is 0. The van der Waals surface area contributed by atoms with Crippen LogP contribution in [-0.2, 0) is 16.2 Å². The zero-order valence-corrected chi connectivity index (χ0v) is 8.67. The van der Waals surface area contributed by atoms with Gasteiger partial charge in [0.05, 0.1) is 11.4 Å². The molecule has 0 aromatic carbocycles. The number of amides is 2. The summed E-state index contributed by atoms with van der Waals surface area (Å²) in [4.78, 5) is 17.0. The normalized spacial score (nSPS) is 8.18. The van der Waals surface area contributed by atoms with E-state index in [1.54, 1.807) is 0 Å². The molecule has 0 aromatic heterocycles. The van der Waals surface area contributed by atoms with Gasteiger partial charge >= 0.3 is 35.6 Å². The van der Waals surface area contributed by atoms with E-state index in [0.717, 1.165) is 0 Å². The summed E-state index contributed by atoms with van der Waals surface area (Å²) in [5.41, 5.74) is 8.50. The summed E-state index contributed by atoms with van der Waals surface area (Å²) in [6.07, 6.45) is 0. The van der Waals surface area contributed by atoms with E-state index in [9.17, 15) is 0 Å². The van der Waals surface area contributed by atoms with Gasteiger partial charge in [-0.05, 0) is 0 Å². The molecule has 2 amide bonds. The Hall–Kier alpha value is 0.01000. The molecule has 0 rings (SSSR count). The van der Waals surface area contributed by atoms with E-state index >= 15 is 0 Å². The number of hydrogen-bond donors (Lipinski definition) is 3. The quantitative estimate of drug-likeness (QED) is 0.261. The molecule has 0 spiro atoms. The Labute approximate surface area is 87.9 Å². The van der Waals surface area contributed by atoms with Crippen molar-refractivity contribution in [3.63, 3.8) is 0 Å². The first-order valence-electron chi connectivity index (χ1n) is 1.59. The minimum absolute atomic E-state index is 0. The SMILES string of the molecule is C=O.NC(N)=O.O=S([O-])O.[Na+]. The van der Waals surface area contributed by atoms with Crippen molar-refractivity contribution in [3.05, 3.63) is 0 Å². The molecule has 0 saturated heterocycles. The average molecular weight is 194 g/mol. The van der Waals surface area contributed by atoms with Gasteiger partial charge in [-0.3, -0.25) is 0 Å². The number of carbonyl (C=O) groups excluding carboxylic acids is 2. The van der Waals surface area contributed by atoms with Gasteiger partial charge in [-0.15, -0.1) is 0 Å². The first-order valence-corrected chi connectivity index (χ1v) is 2.62. The van der Waals surface area contributed by atoms with Crippen LogP contribution in [0.3, 0.4) is 0 Å². The maximum Gasteiger partial charge on any atom is 1.00 e. The molecular formula is C2H7N2NaO5S. The van der Waals surface area contributed by atoms with Crippen LogP contribution < -0.4 is 41.0 Å². The minimum atomic E-state index is -2.86. The van der Waals surface area contributed by atoms with E-state index in [-0.39, 0.29) is 29.6 Å². The summed E-state index contributed by atoms with van der Waals surface area (Å²) in [6.45, 7) is 2.00. The Morgan fingerprint density at radius 2 is 1.45 bits per heavy atom. The van der Waals surface area contributed by atoms with E-state index in [1.807, 2.05) is 6.79 Å². The Bertz CT molecular complexity index is 90.7. The summed E-state index contributed by atoms with van der Waals surface area (Å²) in [5.74, 6) is 0.